The zero-order valence-electron chi connectivity index (χ0n) is 23.3. The smallest absolute Gasteiger partial charge is 0.320 e. The van der Waals surface area contributed by atoms with Crippen LogP contribution in [0.2, 0.25) is 0 Å². The van der Waals surface area contributed by atoms with Gasteiger partial charge in [-0.1, -0.05) is 43.2 Å². The molecule has 0 unspecified atom stereocenters. The molecule has 216 valence electrons. The van der Waals surface area contributed by atoms with Crippen molar-refractivity contribution in [3.63, 3.8) is 0 Å². The van der Waals surface area contributed by atoms with Gasteiger partial charge >= 0.3 is 6.03 Å². The number of pyridine rings is 1. The zero-order chi connectivity index (χ0) is 28.6. The van der Waals surface area contributed by atoms with E-state index in [0.29, 0.717) is 44.9 Å². The van der Waals surface area contributed by atoms with Crippen LogP contribution >= 0.6 is 0 Å². The highest BCUT2D eigenvalue weighted by atomic mass is 19.1. The topological polar surface area (TPSA) is 68.9 Å². The Morgan fingerprint density at radius 2 is 1.83 bits per heavy atom. The summed E-state index contributed by atoms with van der Waals surface area (Å²) in [7, 11) is 0. The molecule has 1 saturated carbocycles. The van der Waals surface area contributed by atoms with Crippen molar-refractivity contribution in [2.45, 2.75) is 56.8 Å². The summed E-state index contributed by atoms with van der Waals surface area (Å²) in [6.07, 6.45) is 5.35. The molecule has 3 heterocycles. The zero-order valence-corrected chi connectivity index (χ0v) is 23.3. The third kappa shape index (κ3) is 5.40. The first-order valence-electron chi connectivity index (χ1n) is 14.5. The van der Waals surface area contributed by atoms with E-state index in [1.807, 2.05) is 41.4 Å². The number of aromatic amines is 1. The summed E-state index contributed by atoms with van der Waals surface area (Å²) in [5.74, 6) is -1.09. The summed E-state index contributed by atoms with van der Waals surface area (Å²) >= 11 is 0. The predicted octanol–water partition coefficient (Wildman–Crippen LogP) is 5.33. The quantitative estimate of drug-likeness (QED) is 0.467. The fraction of sp³-hybridized carbons (Fsp3) is 0.438. The Bertz CT molecular complexity index is 1460. The lowest BCUT2D eigenvalue weighted by atomic mass is 9.91. The average molecular weight is 563 g/mol. The van der Waals surface area contributed by atoms with Gasteiger partial charge in [-0.25, -0.2) is 13.6 Å². The molecule has 2 saturated heterocycles. The van der Waals surface area contributed by atoms with Crippen molar-refractivity contribution in [1.82, 2.24) is 19.7 Å². The van der Waals surface area contributed by atoms with Gasteiger partial charge in [0.15, 0.2) is 5.43 Å². The van der Waals surface area contributed by atoms with Crippen LogP contribution in [0.15, 0.2) is 65.6 Å². The van der Waals surface area contributed by atoms with Gasteiger partial charge in [0.25, 0.3) is 0 Å². The Kier molecular flexibility index (Phi) is 7.66. The number of benzene rings is 2. The lowest BCUT2D eigenvalue weighted by Crippen LogP contribution is -2.64. The van der Waals surface area contributed by atoms with E-state index in [9.17, 15) is 18.4 Å². The summed E-state index contributed by atoms with van der Waals surface area (Å²) in [6.45, 7) is 4.61. The second kappa shape index (κ2) is 11.4. The molecule has 1 aliphatic carbocycles. The van der Waals surface area contributed by atoms with Crippen molar-refractivity contribution < 1.29 is 18.3 Å². The van der Waals surface area contributed by atoms with Crippen LogP contribution in [0.25, 0.3) is 11.3 Å². The van der Waals surface area contributed by atoms with Gasteiger partial charge in [0.05, 0.1) is 18.8 Å². The fourth-order valence-electron chi connectivity index (χ4n) is 6.92. The first kappa shape index (κ1) is 27.6. The van der Waals surface area contributed by atoms with Gasteiger partial charge < -0.3 is 19.5 Å². The van der Waals surface area contributed by atoms with E-state index in [4.69, 9.17) is 4.74 Å². The highest BCUT2D eigenvalue weighted by molar-refractivity contribution is 5.75. The van der Waals surface area contributed by atoms with Crippen LogP contribution in [0.3, 0.4) is 0 Å². The number of aromatic nitrogens is 1. The maximum Gasteiger partial charge on any atom is 0.320 e. The Balaban J connectivity index is 1.22. The molecule has 3 fully saturated rings. The Morgan fingerprint density at radius 1 is 1.05 bits per heavy atom. The Labute approximate surface area is 238 Å². The normalized spacial score (nSPS) is 22.8. The van der Waals surface area contributed by atoms with Crippen molar-refractivity contribution in [3.05, 3.63) is 93.8 Å². The monoisotopic (exact) mass is 562 g/mol. The van der Waals surface area contributed by atoms with E-state index < -0.39 is 23.8 Å². The second-order valence-electron chi connectivity index (χ2n) is 11.5. The summed E-state index contributed by atoms with van der Waals surface area (Å²) < 4.78 is 34.8. The molecular formula is C32H36F2N4O3. The number of hydrogen-bond donors (Lipinski definition) is 1. The van der Waals surface area contributed by atoms with Gasteiger partial charge in [-0.05, 0) is 43.5 Å². The van der Waals surface area contributed by atoms with Crippen LogP contribution in [-0.4, -0.2) is 70.1 Å². The lowest BCUT2D eigenvalue weighted by Gasteiger charge is -2.51. The first-order chi connectivity index (χ1) is 19.8. The highest BCUT2D eigenvalue weighted by Gasteiger charge is 2.47. The average Bonchev–Trinajstić information content (AvgIpc) is 3.45. The van der Waals surface area contributed by atoms with E-state index in [-0.39, 0.29) is 22.6 Å². The van der Waals surface area contributed by atoms with Crippen molar-refractivity contribution in [3.8, 4) is 11.3 Å². The molecule has 2 aromatic carbocycles. The van der Waals surface area contributed by atoms with E-state index in [0.717, 1.165) is 49.1 Å². The number of morpholine rings is 1. The number of carbonyl (C=O) groups is 1. The molecule has 0 radical (unpaired) electrons. The molecule has 0 bridgehead atoms. The summed E-state index contributed by atoms with van der Waals surface area (Å²) in [5, 5.41) is 0. The van der Waals surface area contributed by atoms with Crippen LogP contribution in [-0.2, 0) is 11.3 Å². The van der Waals surface area contributed by atoms with Crippen molar-refractivity contribution in [2.75, 3.05) is 32.8 Å². The summed E-state index contributed by atoms with van der Waals surface area (Å²) in [4.78, 5) is 36.3. The number of H-pyrrole nitrogens is 1. The van der Waals surface area contributed by atoms with Gasteiger partial charge in [0.2, 0.25) is 0 Å². The van der Waals surface area contributed by atoms with Crippen LogP contribution in [0, 0.1) is 11.6 Å². The minimum atomic E-state index is -0.716. The number of urea groups is 1. The largest absolute Gasteiger partial charge is 0.374 e. The van der Waals surface area contributed by atoms with E-state index in [1.54, 1.807) is 17.9 Å². The van der Waals surface area contributed by atoms with E-state index >= 15 is 0 Å². The van der Waals surface area contributed by atoms with Gasteiger partial charge in [0.1, 0.15) is 11.6 Å². The molecule has 41 heavy (non-hydrogen) atoms. The number of hydrogen-bond acceptors (Lipinski definition) is 4. The summed E-state index contributed by atoms with van der Waals surface area (Å²) in [5.41, 5.74) is 2.36. The van der Waals surface area contributed by atoms with Crippen LogP contribution in [0.5, 0.6) is 0 Å². The SMILES string of the molecule is C[C@@H]1OCCN(C(=O)N2CCN(Cc3c[nH]c(-c4ccccc4)cc3=O)C3(CCCC3)C2)[C@H]1c1cc(F)ccc1F. The molecule has 6 rings (SSSR count). The molecule has 2 amide bonds. The number of ether oxygens (including phenoxy) is 1. The standard InChI is InChI=1S/C32H36F2N4O3/c1-22-30(26-17-25(33)9-10-27(26)34)38(15-16-41-22)31(40)36-13-14-37(32(21-36)11-5-6-12-32)20-24-19-35-28(18-29(24)39)23-7-3-2-4-8-23/h2-4,7-10,17-19,22,30H,5-6,11-16,20-21H2,1H3,(H,35,39)/t22-,30+/m0/s1. The van der Waals surface area contributed by atoms with Gasteiger partial charge in [-0.15, -0.1) is 0 Å². The van der Waals surface area contributed by atoms with Gasteiger partial charge in [0, 0.05) is 67.3 Å². The molecule has 1 aromatic heterocycles. The van der Waals surface area contributed by atoms with Crippen LogP contribution < -0.4 is 5.43 Å². The van der Waals surface area contributed by atoms with E-state index in [2.05, 4.69) is 9.88 Å². The molecular weight excluding hydrogens is 526 g/mol. The van der Waals surface area contributed by atoms with Crippen molar-refractivity contribution >= 4 is 6.03 Å². The van der Waals surface area contributed by atoms with Crippen LogP contribution in [0.1, 0.15) is 49.8 Å². The minimum absolute atomic E-state index is 0.00322. The fourth-order valence-corrected chi connectivity index (χ4v) is 6.92. The Hall–Kier alpha value is -3.56. The minimum Gasteiger partial charge on any atom is -0.374 e. The molecule has 7 nitrogen and oxygen atoms in total. The lowest BCUT2D eigenvalue weighted by molar-refractivity contribution is -0.0594. The molecule has 1 spiro atoms. The maximum atomic E-state index is 14.9. The number of nitrogens with zero attached hydrogens (tertiary/aromatic N) is 3. The van der Waals surface area contributed by atoms with Gasteiger partial charge in [-0.3, -0.25) is 9.69 Å². The first-order valence-corrected chi connectivity index (χ1v) is 14.5. The summed E-state index contributed by atoms with van der Waals surface area (Å²) in [6, 6.07) is 13.9. The molecule has 1 N–H and O–H groups in total. The number of carbonyl (C=O) groups excluding carboxylic acids is 1. The number of piperazine rings is 1. The second-order valence-corrected chi connectivity index (χ2v) is 11.5. The predicted molar refractivity (Wildman–Crippen MR) is 152 cm³/mol. The van der Waals surface area contributed by atoms with Crippen molar-refractivity contribution in [1.29, 1.82) is 0 Å². The third-order valence-corrected chi connectivity index (χ3v) is 9.06. The molecule has 3 aliphatic rings. The Morgan fingerprint density at radius 3 is 2.59 bits per heavy atom. The molecule has 2 atom stereocenters. The number of nitrogens with one attached hydrogen (secondary N) is 1. The molecule has 2 aliphatic heterocycles. The van der Waals surface area contributed by atoms with E-state index in [1.165, 1.54) is 6.07 Å². The van der Waals surface area contributed by atoms with Gasteiger partial charge in [-0.2, -0.15) is 0 Å². The maximum absolute atomic E-state index is 14.9. The highest BCUT2D eigenvalue weighted by Crippen LogP contribution is 2.40. The van der Waals surface area contributed by atoms with Crippen LogP contribution in [0.4, 0.5) is 13.6 Å². The number of rotatable bonds is 4. The number of halogens is 2. The molecule has 3 aromatic rings. The van der Waals surface area contributed by atoms with Crippen molar-refractivity contribution in [2.24, 2.45) is 0 Å². The number of amides is 2. The third-order valence-electron chi connectivity index (χ3n) is 9.06. The molecule has 9 heteroatoms.